The van der Waals surface area contributed by atoms with Crippen LogP contribution < -0.4 is 9.54 Å². The lowest BCUT2D eigenvalue weighted by Crippen LogP contribution is -2.16. The minimum Gasteiger partial charge on any atom is -0.497 e. The van der Waals surface area contributed by atoms with Crippen LogP contribution >= 0.6 is 11.3 Å². The summed E-state index contributed by atoms with van der Waals surface area (Å²) in [6.45, 7) is 2.70. The van der Waals surface area contributed by atoms with E-state index in [2.05, 4.69) is 4.99 Å². The maximum atomic E-state index is 12.5. The Morgan fingerprint density at radius 1 is 1.27 bits per heavy atom. The molecule has 0 radical (unpaired) electrons. The molecule has 0 spiro atoms. The molecule has 134 valence electrons. The van der Waals surface area contributed by atoms with Gasteiger partial charge in [0, 0.05) is 24.2 Å². The van der Waals surface area contributed by atoms with Gasteiger partial charge in [-0.2, -0.15) is 4.99 Å². The third-order valence-corrected chi connectivity index (χ3v) is 4.90. The number of hydrogen-bond acceptors (Lipinski definition) is 5. The van der Waals surface area contributed by atoms with E-state index in [0.717, 1.165) is 16.6 Å². The second-order valence-electron chi connectivity index (χ2n) is 5.59. The molecule has 8 heteroatoms. The van der Waals surface area contributed by atoms with Gasteiger partial charge in [0.15, 0.2) is 4.80 Å². The van der Waals surface area contributed by atoms with Gasteiger partial charge in [-0.3, -0.25) is 14.9 Å². The highest BCUT2D eigenvalue weighted by molar-refractivity contribution is 7.16. The zero-order valence-corrected chi connectivity index (χ0v) is 15.2. The number of rotatable bonds is 5. The quantitative estimate of drug-likeness (QED) is 0.504. The first-order valence-electron chi connectivity index (χ1n) is 8.04. The highest BCUT2D eigenvalue weighted by atomic mass is 32.1. The Labute approximate surface area is 153 Å². The van der Waals surface area contributed by atoms with Crippen LogP contribution in [0.5, 0.6) is 5.75 Å². The van der Waals surface area contributed by atoms with Crippen LogP contribution in [-0.4, -0.2) is 22.5 Å². The molecule has 7 nitrogen and oxygen atoms in total. The first kappa shape index (κ1) is 17.8. The van der Waals surface area contributed by atoms with Crippen LogP contribution in [0.25, 0.3) is 10.2 Å². The number of nitro groups is 1. The molecule has 3 aromatic rings. The zero-order chi connectivity index (χ0) is 18.7. The SMILES string of the molecule is CCCn1c(=NC(=O)c2ccc(OC)cc2)sc2cc([N+](=O)[O-])ccc21. The fraction of sp³-hybridized carbons (Fsp3) is 0.222. The lowest BCUT2D eigenvalue weighted by molar-refractivity contribution is -0.384. The predicted octanol–water partition coefficient (Wildman–Crippen LogP) is 3.77. The second-order valence-corrected chi connectivity index (χ2v) is 6.60. The summed E-state index contributed by atoms with van der Waals surface area (Å²) in [7, 11) is 1.56. The number of ether oxygens (including phenoxy) is 1. The molecule has 26 heavy (non-hydrogen) atoms. The lowest BCUT2D eigenvalue weighted by Gasteiger charge is -2.03. The molecule has 0 saturated carbocycles. The molecule has 0 atom stereocenters. The summed E-state index contributed by atoms with van der Waals surface area (Å²) < 4.78 is 7.74. The molecule has 1 amide bonds. The van der Waals surface area contributed by atoms with Gasteiger partial charge in [-0.15, -0.1) is 0 Å². The average molecular weight is 371 g/mol. The van der Waals surface area contributed by atoms with E-state index in [1.54, 1.807) is 37.4 Å². The maximum absolute atomic E-state index is 12.5. The summed E-state index contributed by atoms with van der Waals surface area (Å²) in [4.78, 5) is 27.8. The number of methoxy groups -OCH3 is 1. The number of carbonyl (C=O) groups is 1. The Hall–Kier alpha value is -3.00. The van der Waals surface area contributed by atoms with E-state index in [9.17, 15) is 14.9 Å². The van der Waals surface area contributed by atoms with Gasteiger partial charge in [0.1, 0.15) is 5.75 Å². The van der Waals surface area contributed by atoms with Crippen molar-refractivity contribution in [2.24, 2.45) is 4.99 Å². The third-order valence-electron chi connectivity index (χ3n) is 3.86. The summed E-state index contributed by atoms with van der Waals surface area (Å²) in [6.07, 6.45) is 0.854. The lowest BCUT2D eigenvalue weighted by atomic mass is 10.2. The van der Waals surface area contributed by atoms with Crippen LogP contribution in [0.3, 0.4) is 0 Å². The Bertz CT molecular complexity index is 1030. The molecule has 3 rings (SSSR count). The number of hydrogen-bond donors (Lipinski definition) is 0. The predicted molar refractivity (Wildman–Crippen MR) is 99.6 cm³/mol. The highest BCUT2D eigenvalue weighted by Crippen LogP contribution is 2.23. The van der Waals surface area contributed by atoms with Gasteiger partial charge in [-0.1, -0.05) is 18.3 Å². The fourth-order valence-electron chi connectivity index (χ4n) is 2.59. The molecule has 2 aromatic carbocycles. The van der Waals surface area contributed by atoms with Gasteiger partial charge in [0.05, 0.1) is 22.2 Å². The number of benzene rings is 2. The summed E-state index contributed by atoms with van der Waals surface area (Å²) in [6, 6.07) is 11.4. The van der Waals surface area contributed by atoms with Crippen molar-refractivity contribution in [1.82, 2.24) is 4.57 Å². The van der Waals surface area contributed by atoms with Crippen molar-refractivity contribution < 1.29 is 14.5 Å². The van der Waals surface area contributed by atoms with E-state index in [1.165, 1.54) is 23.5 Å². The fourth-order valence-corrected chi connectivity index (χ4v) is 3.67. The number of aromatic nitrogens is 1. The molecule has 0 fully saturated rings. The highest BCUT2D eigenvalue weighted by Gasteiger charge is 2.13. The molecular formula is C18H17N3O4S. The Morgan fingerprint density at radius 3 is 2.62 bits per heavy atom. The van der Waals surface area contributed by atoms with Crippen LogP contribution in [-0.2, 0) is 6.54 Å². The van der Waals surface area contributed by atoms with Crippen LogP contribution in [0.4, 0.5) is 5.69 Å². The van der Waals surface area contributed by atoms with Gasteiger partial charge in [0.2, 0.25) is 0 Å². The van der Waals surface area contributed by atoms with Gasteiger partial charge < -0.3 is 9.30 Å². The summed E-state index contributed by atoms with van der Waals surface area (Å²) >= 11 is 1.27. The van der Waals surface area contributed by atoms with Gasteiger partial charge in [-0.25, -0.2) is 0 Å². The molecule has 0 aliphatic carbocycles. The van der Waals surface area contributed by atoms with Gasteiger partial charge >= 0.3 is 0 Å². The normalized spacial score (nSPS) is 11.7. The minimum absolute atomic E-state index is 0.0235. The Kier molecular flexibility index (Phi) is 5.13. The Morgan fingerprint density at radius 2 is 2.00 bits per heavy atom. The molecule has 0 saturated heterocycles. The first-order chi connectivity index (χ1) is 12.5. The van der Waals surface area contributed by atoms with Crippen LogP contribution in [0, 0.1) is 10.1 Å². The average Bonchev–Trinajstić information content (AvgIpc) is 2.98. The van der Waals surface area contributed by atoms with E-state index in [0.29, 0.717) is 22.7 Å². The van der Waals surface area contributed by atoms with E-state index < -0.39 is 4.92 Å². The topological polar surface area (TPSA) is 86.7 Å². The zero-order valence-electron chi connectivity index (χ0n) is 14.3. The number of non-ortho nitro benzene ring substituents is 1. The van der Waals surface area contributed by atoms with Crippen molar-refractivity contribution in [3.05, 3.63) is 62.9 Å². The van der Waals surface area contributed by atoms with Gasteiger partial charge in [0.25, 0.3) is 11.6 Å². The number of fused-ring (bicyclic) bond motifs is 1. The minimum atomic E-state index is -0.428. The van der Waals surface area contributed by atoms with E-state index >= 15 is 0 Å². The second kappa shape index (κ2) is 7.49. The molecule has 1 aromatic heterocycles. The number of carbonyl (C=O) groups excluding carboxylic acids is 1. The first-order valence-corrected chi connectivity index (χ1v) is 8.86. The molecule has 0 bridgehead atoms. The molecular weight excluding hydrogens is 354 g/mol. The van der Waals surface area contributed by atoms with Gasteiger partial charge in [-0.05, 0) is 36.8 Å². The largest absolute Gasteiger partial charge is 0.497 e. The molecule has 0 aliphatic rings. The molecule has 0 aliphatic heterocycles. The molecule has 0 N–H and O–H groups in total. The molecule has 1 heterocycles. The number of nitrogens with zero attached hydrogens (tertiary/aromatic N) is 3. The maximum Gasteiger partial charge on any atom is 0.279 e. The van der Waals surface area contributed by atoms with Crippen molar-refractivity contribution in [1.29, 1.82) is 0 Å². The summed E-state index contributed by atoms with van der Waals surface area (Å²) in [5.41, 5.74) is 1.32. The smallest absolute Gasteiger partial charge is 0.279 e. The van der Waals surface area contributed by atoms with Crippen molar-refractivity contribution in [3.8, 4) is 5.75 Å². The number of nitro benzene ring substituents is 1. The summed E-state index contributed by atoms with van der Waals surface area (Å²) in [5, 5.41) is 11.0. The molecule has 0 unspecified atom stereocenters. The monoisotopic (exact) mass is 371 g/mol. The third kappa shape index (κ3) is 3.50. The van der Waals surface area contributed by atoms with E-state index in [-0.39, 0.29) is 11.6 Å². The Balaban J connectivity index is 2.09. The standard InChI is InChI=1S/C18H17N3O4S/c1-3-10-20-15-9-6-13(21(23)24)11-16(15)26-18(20)19-17(22)12-4-7-14(25-2)8-5-12/h4-9,11H,3,10H2,1-2H3. The summed E-state index contributed by atoms with van der Waals surface area (Å²) in [5.74, 6) is 0.301. The number of aryl methyl sites for hydroxylation is 1. The number of thiazole rings is 1. The van der Waals surface area contributed by atoms with E-state index in [1.807, 2.05) is 11.5 Å². The van der Waals surface area contributed by atoms with Crippen LogP contribution in [0.15, 0.2) is 47.5 Å². The van der Waals surface area contributed by atoms with Crippen molar-refractivity contribution in [2.45, 2.75) is 19.9 Å². The van der Waals surface area contributed by atoms with Crippen molar-refractivity contribution >= 4 is 33.1 Å². The van der Waals surface area contributed by atoms with Crippen LogP contribution in [0.2, 0.25) is 0 Å². The number of amides is 1. The van der Waals surface area contributed by atoms with E-state index in [4.69, 9.17) is 4.74 Å². The van der Waals surface area contributed by atoms with Crippen LogP contribution in [0.1, 0.15) is 23.7 Å². The van der Waals surface area contributed by atoms with Crippen molar-refractivity contribution in [3.63, 3.8) is 0 Å². The van der Waals surface area contributed by atoms with Crippen molar-refractivity contribution in [2.75, 3.05) is 7.11 Å².